The molecule has 6 rings (SSSR count). The molecular formula is C42H45N11O7S2. The van der Waals surface area contributed by atoms with Crippen molar-refractivity contribution in [1.29, 1.82) is 0 Å². The highest BCUT2D eigenvalue weighted by Gasteiger charge is 2.16. The smallest absolute Gasteiger partial charge is 0.425 e. The molecule has 0 radical (unpaired) electrons. The van der Waals surface area contributed by atoms with Crippen molar-refractivity contribution in [3.05, 3.63) is 149 Å². The maximum absolute atomic E-state index is 13.3. The van der Waals surface area contributed by atoms with Crippen LogP contribution in [0.2, 0.25) is 0 Å². The van der Waals surface area contributed by atoms with Crippen molar-refractivity contribution in [2.24, 2.45) is 0 Å². The molecule has 0 unspecified atom stereocenters. The number of rotatable bonds is 22. The molecule has 0 bridgehead atoms. The summed E-state index contributed by atoms with van der Waals surface area (Å²) in [5.41, 5.74) is 11.7. The van der Waals surface area contributed by atoms with Crippen molar-refractivity contribution in [3.63, 3.8) is 0 Å². The number of amides is 3. The highest BCUT2D eigenvalue weighted by molar-refractivity contribution is 7.92. The van der Waals surface area contributed by atoms with Gasteiger partial charge in [-0.3, -0.25) is 29.6 Å². The number of hydrazine groups is 1. The van der Waals surface area contributed by atoms with Gasteiger partial charge in [-0.15, -0.1) is 0 Å². The summed E-state index contributed by atoms with van der Waals surface area (Å²) in [4.78, 5) is 47.5. The second-order valence-corrected chi connectivity index (χ2v) is 15.7. The number of nitrogens with zero attached hydrogens (tertiary/aromatic N) is 5. The maximum atomic E-state index is 13.3. The zero-order chi connectivity index (χ0) is 43.6. The van der Waals surface area contributed by atoms with Crippen molar-refractivity contribution in [2.75, 3.05) is 28.6 Å². The lowest BCUT2D eigenvalue weighted by Gasteiger charge is -2.12. The fourth-order valence-corrected chi connectivity index (χ4v) is 7.16. The Morgan fingerprint density at radius 1 is 0.742 bits per heavy atom. The monoisotopic (exact) mass is 879 g/mol. The number of carbonyl (C=O) groups excluding carboxylic acids is 3. The average molecular weight is 880 g/mol. The van der Waals surface area contributed by atoms with E-state index in [9.17, 15) is 22.8 Å². The molecule has 18 nitrogen and oxygen atoms in total. The zero-order valence-electron chi connectivity index (χ0n) is 33.4. The third-order valence-electron chi connectivity index (χ3n) is 8.94. The standard InChI is InChI=1S/C42H45N11O7S2/c54-39(26-31-11-8-13-33(25-31)40(55)44-23-6-1-2-7-24-45-60-29-32-12-10-22-43-28-32)46-36-14-9-17-38(27-36)62(57,58)49-35-20-18-34(19-21-35)47-48-41(56)59-30-52-42(61)53(51-50-52)37-15-4-3-5-16-37/h3-5,8-22,25,27-28,45,47,49H,1-2,6-7,23-24,26,29-30H2,(H,44,55)(H,46,54)(H,48,56). The largest absolute Gasteiger partial charge is 0.427 e. The van der Waals surface area contributed by atoms with Crippen LogP contribution in [-0.4, -0.2) is 64.2 Å². The summed E-state index contributed by atoms with van der Waals surface area (Å²) in [7, 11) is -4.05. The Hall–Kier alpha value is -7.00. The molecule has 0 fully saturated rings. The number of hydrogen-bond donors (Lipinski definition) is 6. The number of anilines is 3. The van der Waals surface area contributed by atoms with Crippen molar-refractivity contribution in [1.82, 2.24) is 41.0 Å². The first-order valence-corrected chi connectivity index (χ1v) is 21.4. The molecule has 0 aliphatic rings. The van der Waals surface area contributed by atoms with Crippen molar-refractivity contribution >= 4 is 57.2 Å². The van der Waals surface area contributed by atoms with E-state index in [4.69, 9.17) is 21.8 Å². The molecule has 0 saturated heterocycles. The maximum Gasteiger partial charge on any atom is 0.427 e. The summed E-state index contributed by atoms with van der Waals surface area (Å²) < 4.78 is 37.1. The number of para-hydroxylation sites is 1. The lowest BCUT2D eigenvalue weighted by molar-refractivity contribution is -0.115. The van der Waals surface area contributed by atoms with Crippen LogP contribution in [0.3, 0.4) is 0 Å². The summed E-state index contributed by atoms with van der Waals surface area (Å²) in [6, 6.07) is 31.7. The van der Waals surface area contributed by atoms with Gasteiger partial charge < -0.3 is 15.4 Å². The van der Waals surface area contributed by atoms with Crippen molar-refractivity contribution in [2.45, 2.75) is 50.3 Å². The Balaban J connectivity index is 0.885. The zero-order valence-corrected chi connectivity index (χ0v) is 35.0. The second kappa shape index (κ2) is 22.6. The third-order valence-corrected chi connectivity index (χ3v) is 10.7. The molecule has 3 amide bonds. The Bertz CT molecular complexity index is 2580. The van der Waals surface area contributed by atoms with Gasteiger partial charge in [0.15, 0.2) is 6.73 Å². The average Bonchev–Trinajstić information content (AvgIpc) is 3.66. The predicted octanol–water partition coefficient (Wildman–Crippen LogP) is 5.90. The number of hydroxylamine groups is 1. The number of benzene rings is 4. The number of carbonyl (C=O) groups is 3. The molecule has 0 aliphatic carbocycles. The van der Waals surface area contributed by atoms with Crippen LogP contribution in [0.25, 0.3) is 5.69 Å². The van der Waals surface area contributed by atoms with E-state index in [2.05, 4.69) is 47.1 Å². The van der Waals surface area contributed by atoms with E-state index in [1.165, 1.54) is 39.7 Å². The minimum absolute atomic E-state index is 0.0324. The van der Waals surface area contributed by atoms with E-state index in [0.29, 0.717) is 35.7 Å². The fourth-order valence-electron chi connectivity index (χ4n) is 5.83. The number of sulfonamides is 1. The van der Waals surface area contributed by atoms with Crippen LogP contribution < -0.4 is 31.7 Å². The van der Waals surface area contributed by atoms with Gasteiger partial charge in [-0.25, -0.2) is 24.1 Å². The van der Waals surface area contributed by atoms with Crippen LogP contribution in [0, 0.1) is 4.77 Å². The number of tetrazole rings is 1. The van der Waals surface area contributed by atoms with Crippen LogP contribution >= 0.6 is 12.2 Å². The van der Waals surface area contributed by atoms with E-state index >= 15 is 0 Å². The van der Waals surface area contributed by atoms with E-state index < -0.39 is 16.1 Å². The molecule has 0 saturated carbocycles. The van der Waals surface area contributed by atoms with Crippen molar-refractivity contribution < 1.29 is 32.4 Å². The molecular weight excluding hydrogens is 835 g/mol. The summed E-state index contributed by atoms with van der Waals surface area (Å²) in [6.07, 6.45) is 6.35. The Kier molecular flexibility index (Phi) is 16.2. The lowest BCUT2D eigenvalue weighted by Crippen LogP contribution is -2.30. The number of hydrogen-bond acceptors (Lipinski definition) is 13. The van der Waals surface area contributed by atoms with Gasteiger partial charge in [-0.2, -0.15) is 9.36 Å². The van der Waals surface area contributed by atoms with Gasteiger partial charge in [0, 0.05) is 42.4 Å². The predicted molar refractivity (Wildman–Crippen MR) is 234 cm³/mol. The molecule has 6 aromatic rings. The Morgan fingerprint density at radius 2 is 1.50 bits per heavy atom. The number of pyridine rings is 1. The minimum Gasteiger partial charge on any atom is -0.425 e. The van der Waals surface area contributed by atoms with Gasteiger partial charge in [0.25, 0.3) is 15.9 Å². The summed E-state index contributed by atoms with van der Waals surface area (Å²) >= 11 is 5.36. The Labute approximate surface area is 363 Å². The molecule has 0 aliphatic heterocycles. The SMILES string of the molecule is O=C(Cc1cccc(C(=O)NCCCCCCNOCc2cccnc2)c1)Nc1cccc(S(=O)(=O)Nc2ccc(NNC(=O)OCn3nnn(-c4ccccc4)c3=S)cc2)c1. The number of aromatic nitrogens is 5. The van der Waals surface area contributed by atoms with E-state index in [-0.39, 0.29) is 46.0 Å². The molecule has 2 aromatic heterocycles. The van der Waals surface area contributed by atoms with Crippen LogP contribution in [-0.2, 0) is 44.2 Å². The van der Waals surface area contributed by atoms with Crippen LogP contribution in [0.15, 0.2) is 133 Å². The van der Waals surface area contributed by atoms with Gasteiger partial charge in [0.2, 0.25) is 10.7 Å². The molecule has 0 spiro atoms. The lowest BCUT2D eigenvalue weighted by atomic mass is 10.1. The van der Waals surface area contributed by atoms with Crippen LogP contribution in [0.1, 0.15) is 47.2 Å². The first-order chi connectivity index (χ1) is 30.1. The molecule has 62 heavy (non-hydrogen) atoms. The Morgan fingerprint density at radius 3 is 2.29 bits per heavy atom. The first-order valence-electron chi connectivity index (χ1n) is 19.5. The number of unbranched alkanes of at least 4 members (excludes halogenated alkanes) is 3. The molecule has 20 heteroatoms. The molecule has 4 aromatic carbocycles. The highest BCUT2D eigenvalue weighted by atomic mass is 32.2. The molecule has 6 N–H and O–H groups in total. The van der Waals surface area contributed by atoms with Gasteiger partial charge in [0.05, 0.1) is 29.3 Å². The van der Waals surface area contributed by atoms with Gasteiger partial charge in [-0.05, 0) is 119 Å². The third kappa shape index (κ3) is 13.8. The normalized spacial score (nSPS) is 11.0. The van der Waals surface area contributed by atoms with Gasteiger partial charge in [0.1, 0.15) is 0 Å². The molecule has 2 heterocycles. The van der Waals surface area contributed by atoms with Crippen molar-refractivity contribution in [3.8, 4) is 5.69 Å². The highest BCUT2D eigenvalue weighted by Crippen LogP contribution is 2.21. The van der Waals surface area contributed by atoms with Crippen LogP contribution in [0.4, 0.5) is 21.9 Å². The summed E-state index contributed by atoms with van der Waals surface area (Å²) in [5.74, 6) is -0.613. The quantitative estimate of drug-likeness (QED) is 0.0266. The van der Waals surface area contributed by atoms with Gasteiger partial charge >= 0.3 is 6.09 Å². The first kappa shape index (κ1) is 44.5. The minimum atomic E-state index is -4.05. The molecule has 0 atom stereocenters. The van der Waals surface area contributed by atoms with E-state index in [0.717, 1.165) is 37.8 Å². The summed E-state index contributed by atoms with van der Waals surface area (Å²) in [5, 5.41) is 13.6. The number of nitrogens with one attached hydrogen (secondary N) is 6. The van der Waals surface area contributed by atoms with Gasteiger partial charge in [-0.1, -0.05) is 55.3 Å². The van der Waals surface area contributed by atoms with Crippen LogP contribution in [0.5, 0.6) is 0 Å². The fraction of sp³-hybridized carbons (Fsp3) is 0.214. The van der Waals surface area contributed by atoms with E-state index in [1.54, 1.807) is 54.9 Å². The summed E-state index contributed by atoms with van der Waals surface area (Å²) in [6.45, 7) is 1.43. The second-order valence-electron chi connectivity index (χ2n) is 13.7. The van der Waals surface area contributed by atoms with E-state index in [1.807, 2.05) is 42.5 Å². The molecule has 322 valence electrons. The topological polar surface area (TPSA) is 225 Å². The number of ether oxygens (including phenoxy) is 1.